The van der Waals surface area contributed by atoms with Crippen LogP contribution in [0, 0.1) is 17.2 Å². The fraction of sp³-hybridized carbons (Fsp3) is 0.409. The van der Waals surface area contributed by atoms with Gasteiger partial charge in [0.05, 0.1) is 6.04 Å². The summed E-state index contributed by atoms with van der Waals surface area (Å²) < 4.78 is 0. The first-order chi connectivity index (χ1) is 13.3. The maximum Gasteiger partial charge on any atom is 0.145 e. The molecule has 2 aliphatic rings. The van der Waals surface area contributed by atoms with Crippen molar-refractivity contribution in [3.63, 3.8) is 0 Å². The first-order valence-electron chi connectivity index (χ1n) is 9.73. The van der Waals surface area contributed by atoms with Crippen LogP contribution in [0.25, 0.3) is 0 Å². The van der Waals surface area contributed by atoms with E-state index < -0.39 is 0 Å². The highest BCUT2D eigenvalue weighted by molar-refractivity contribution is 5.42. The lowest BCUT2D eigenvalue weighted by Gasteiger charge is -2.38. The third kappa shape index (κ3) is 3.66. The molecule has 0 bridgehead atoms. The van der Waals surface area contributed by atoms with E-state index in [1.165, 1.54) is 30.4 Å². The Balaban J connectivity index is 1.40. The molecule has 138 valence electrons. The second-order valence-corrected chi connectivity index (χ2v) is 7.39. The van der Waals surface area contributed by atoms with E-state index in [9.17, 15) is 0 Å². The zero-order valence-corrected chi connectivity index (χ0v) is 15.6. The number of hydrogen-bond acceptors (Lipinski definition) is 5. The monoisotopic (exact) mass is 359 g/mol. The highest BCUT2D eigenvalue weighted by Gasteiger charge is 2.31. The Bertz CT molecular complexity index is 833. The minimum atomic E-state index is 0.425. The van der Waals surface area contributed by atoms with Crippen molar-refractivity contribution < 1.29 is 0 Å². The second kappa shape index (κ2) is 7.79. The van der Waals surface area contributed by atoms with Gasteiger partial charge in [0, 0.05) is 37.3 Å². The van der Waals surface area contributed by atoms with Crippen LogP contribution in [0.3, 0.4) is 0 Å². The van der Waals surface area contributed by atoms with Crippen molar-refractivity contribution in [3.8, 4) is 6.07 Å². The molecule has 0 radical (unpaired) electrons. The molecule has 2 fully saturated rings. The Morgan fingerprint density at radius 3 is 2.59 bits per heavy atom. The summed E-state index contributed by atoms with van der Waals surface area (Å²) in [6, 6.07) is 15.2. The lowest BCUT2D eigenvalue weighted by atomic mass is 9.92. The number of nitriles is 1. The first-order valence-corrected chi connectivity index (χ1v) is 9.73. The van der Waals surface area contributed by atoms with E-state index in [1.54, 1.807) is 6.07 Å². The number of piperidine rings is 1. The van der Waals surface area contributed by atoms with Crippen LogP contribution in [0.15, 0.2) is 55.0 Å². The van der Waals surface area contributed by atoms with E-state index in [0.29, 0.717) is 17.7 Å². The fourth-order valence-corrected chi connectivity index (χ4v) is 4.39. The molecule has 0 saturated carbocycles. The topological polar surface area (TPSA) is 56.1 Å². The van der Waals surface area contributed by atoms with Gasteiger partial charge in [-0.3, -0.25) is 0 Å². The van der Waals surface area contributed by atoms with Gasteiger partial charge in [0.15, 0.2) is 0 Å². The highest BCUT2D eigenvalue weighted by Crippen LogP contribution is 2.38. The van der Waals surface area contributed by atoms with E-state index in [0.717, 1.165) is 38.3 Å². The van der Waals surface area contributed by atoms with Crippen molar-refractivity contribution >= 4 is 5.82 Å². The third-order valence-electron chi connectivity index (χ3n) is 5.86. The van der Waals surface area contributed by atoms with E-state index in [2.05, 4.69) is 62.7 Å². The standard InChI is InChI=1S/C22H25N5/c1-17(27-11-5-8-21(27)19-6-3-2-4-7-19)18-9-12-26(13-10-18)22-14-20(15-23)24-16-25-22/h2-4,6-7,14,16,18,21H,1,5,8-13H2/t21-/m0/s1. The minimum absolute atomic E-state index is 0.425. The van der Waals surface area contributed by atoms with Crippen LogP contribution in [-0.2, 0) is 0 Å². The van der Waals surface area contributed by atoms with Crippen LogP contribution >= 0.6 is 0 Å². The fourth-order valence-electron chi connectivity index (χ4n) is 4.39. The quantitative estimate of drug-likeness (QED) is 0.828. The maximum absolute atomic E-state index is 9.04. The molecule has 5 heteroatoms. The predicted octanol–water partition coefficient (Wildman–Crippen LogP) is 3.92. The first kappa shape index (κ1) is 17.5. The number of aromatic nitrogens is 2. The van der Waals surface area contributed by atoms with Crippen LogP contribution in [0.1, 0.15) is 43.0 Å². The summed E-state index contributed by atoms with van der Waals surface area (Å²) in [5.74, 6) is 1.37. The zero-order chi connectivity index (χ0) is 18.6. The van der Waals surface area contributed by atoms with Crippen molar-refractivity contribution in [1.29, 1.82) is 5.26 Å². The van der Waals surface area contributed by atoms with Crippen molar-refractivity contribution in [2.75, 3.05) is 24.5 Å². The summed E-state index contributed by atoms with van der Waals surface area (Å²) in [6.45, 7) is 7.49. The van der Waals surface area contributed by atoms with Gasteiger partial charge in [-0.1, -0.05) is 36.9 Å². The van der Waals surface area contributed by atoms with Crippen molar-refractivity contribution in [2.24, 2.45) is 5.92 Å². The molecule has 0 amide bonds. The van der Waals surface area contributed by atoms with Crippen LogP contribution < -0.4 is 4.90 Å². The number of nitrogens with zero attached hydrogens (tertiary/aromatic N) is 5. The van der Waals surface area contributed by atoms with E-state index in [4.69, 9.17) is 5.26 Å². The Hall–Kier alpha value is -2.87. The van der Waals surface area contributed by atoms with E-state index in [-0.39, 0.29) is 0 Å². The Kier molecular flexibility index (Phi) is 5.06. The second-order valence-electron chi connectivity index (χ2n) is 7.39. The van der Waals surface area contributed by atoms with Crippen LogP contribution in [-0.4, -0.2) is 34.5 Å². The lowest BCUT2D eigenvalue weighted by molar-refractivity contribution is 0.268. The summed E-state index contributed by atoms with van der Waals surface area (Å²) in [4.78, 5) is 13.1. The zero-order valence-electron chi connectivity index (χ0n) is 15.6. The number of allylic oxidation sites excluding steroid dienone is 1. The molecule has 4 rings (SSSR count). The molecule has 0 spiro atoms. The van der Waals surface area contributed by atoms with Gasteiger partial charge < -0.3 is 9.80 Å². The van der Waals surface area contributed by atoms with E-state index >= 15 is 0 Å². The number of rotatable bonds is 4. The van der Waals surface area contributed by atoms with Crippen molar-refractivity contribution in [2.45, 2.75) is 31.7 Å². The van der Waals surface area contributed by atoms with Gasteiger partial charge >= 0.3 is 0 Å². The van der Waals surface area contributed by atoms with E-state index in [1.807, 2.05) is 0 Å². The Morgan fingerprint density at radius 2 is 1.85 bits per heavy atom. The molecule has 1 atom stereocenters. The minimum Gasteiger partial charge on any atom is -0.368 e. The third-order valence-corrected chi connectivity index (χ3v) is 5.86. The SMILES string of the molecule is C=C(C1CCN(c2cc(C#N)ncn2)CC1)N1CCC[C@H]1c1ccccc1. The summed E-state index contributed by atoms with van der Waals surface area (Å²) in [5.41, 5.74) is 3.12. The Labute approximate surface area is 161 Å². The average molecular weight is 359 g/mol. The number of likely N-dealkylation sites (tertiary alicyclic amines) is 1. The average Bonchev–Trinajstić information content (AvgIpc) is 3.24. The molecule has 0 aliphatic carbocycles. The summed E-state index contributed by atoms with van der Waals surface area (Å²) in [5, 5.41) is 9.04. The smallest absolute Gasteiger partial charge is 0.145 e. The van der Waals surface area contributed by atoms with Crippen molar-refractivity contribution in [3.05, 3.63) is 66.3 Å². The van der Waals surface area contributed by atoms with Crippen LogP contribution in [0.2, 0.25) is 0 Å². The molecule has 1 aromatic carbocycles. The van der Waals surface area contributed by atoms with Crippen LogP contribution in [0.4, 0.5) is 5.82 Å². The number of hydrogen-bond donors (Lipinski definition) is 0. The number of benzene rings is 1. The van der Waals surface area contributed by atoms with Gasteiger partial charge in [0.1, 0.15) is 23.9 Å². The van der Waals surface area contributed by atoms with Crippen LogP contribution in [0.5, 0.6) is 0 Å². The molecule has 27 heavy (non-hydrogen) atoms. The molecular formula is C22H25N5. The van der Waals surface area contributed by atoms with Gasteiger partial charge in [-0.2, -0.15) is 5.26 Å². The molecule has 2 aliphatic heterocycles. The summed E-state index contributed by atoms with van der Waals surface area (Å²) >= 11 is 0. The molecule has 0 unspecified atom stereocenters. The normalized spacial score (nSPS) is 20.5. The predicted molar refractivity (Wildman–Crippen MR) is 106 cm³/mol. The molecular weight excluding hydrogens is 334 g/mol. The molecule has 5 nitrogen and oxygen atoms in total. The molecule has 2 saturated heterocycles. The largest absolute Gasteiger partial charge is 0.368 e. The van der Waals surface area contributed by atoms with Gasteiger partial charge in [-0.25, -0.2) is 9.97 Å². The van der Waals surface area contributed by atoms with Gasteiger partial charge in [0.25, 0.3) is 0 Å². The molecule has 1 aromatic heterocycles. The molecule has 2 aromatic rings. The molecule has 3 heterocycles. The maximum atomic E-state index is 9.04. The molecule has 0 N–H and O–H groups in total. The van der Waals surface area contributed by atoms with Gasteiger partial charge in [-0.15, -0.1) is 0 Å². The van der Waals surface area contributed by atoms with Gasteiger partial charge in [-0.05, 0) is 31.2 Å². The summed E-state index contributed by atoms with van der Waals surface area (Å²) in [7, 11) is 0. The van der Waals surface area contributed by atoms with Gasteiger partial charge in [0.2, 0.25) is 0 Å². The number of anilines is 1. The Morgan fingerprint density at radius 1 is 1.07 bits per heavy atom. The summed E-state index contributed by atoms with van der Waals surface area (Å²) in [6.07, 6.45) is 6.06. The lowest BCUT2D eigenvalue weighted by Crippen LogP contribution is -2.37. The van der Waals surface area contributed by atoms with Crippen molar-refractivity contribution in [1.82, 2.24) is 14.9 Å². The highest BCUT2D eigenvalue weighted by atomic mass is 15.2.